The summed E-state index contributed by atoms with van der Waals surface area (Å²) >= 11 is 10.1. The van der Waals surface area contributed by atoms with E-state index in [2.05, 4.69) is 47.8 Å². The highest BCUT2D eigenvalue weighted by Gasteiger charge is 2.13. The Bertz CT molecular complexity index is 194. The molecule has 0 N–H and O–H groups in total. The fourth-order valence-corrected chi connectivity index (χ4v) is 2.27. The number of hydrogen-bond donors (Lipinski definition) is 0. The van der Waals surface area contributed by atoms with Crippen LogP contribution >= 0.6 is 47.8 Å². The lowest BCUT2D eigenvalue weighted by molar-refractivity contribution is 0.869. The van der Waals surface area contributed by atoms with E-state index in [0.29, 0.717) is 0 Å². The number of allylic oxidation sites excluding steroid dienone is 3. The summed E-state index contributed by atoms with van der Waals surface area (Å²) in [5.74, 6) is 0. The van der Waals surface area contributed by atoms with Crippen LogP contribution in [0.2, 0.25) is 0 Å². The third-order valence-corrected chi connectivity index (χ3v) is 3.77. The maximum Gasteiger partial charge on any atom is -0.00855 e. The third-order valence-electron chi connectivity index (χ3n) is 1.83. The lowest BCUT2D eigenvalue weighted by atomic mass is 9.89. The van der Waals surface area contributed by atoms with Gasteiger partial charge in [0.15, 0.2) is 0 Å². The Morgan fingerprint density at radius 3 is 1.08 bits per heavy atom. The maximum atomic E-state index is 3.38. The Balaban J connectivity index is 2.79. The zero-order valence-electron chi connectivity index (χ0n) is 6.49. The molecule has 12 heavy (non-hydrogen) atoms. The van der Waals surface area contributed by atoms with Crippen molar-refractivity contribution in [3.8, 4) is 0 Å². The van der Waals surface area contributed by atoms with E-state index in [9.17, 15) is 0 Å². The summed E-state index contributed by atoms with van der Waals surface area (Å²) in [6, 6.07) is 0. The van der Waals surface area contributed by atoms with Crippen LogP contribution in [0.25, 0.3) is 0 Å². The minimum absolute atomic E-state index is 1.08. The predicted molar refractivity (Wildman–Crippen MR) is 64.9 cm³/mol. The molecule has 1 fully saturated rings. The molecular weight excluding hydrogens is 348 g/mol. The summed E-state index contributed by atoms with van der Waals surface area (Å²) in [7, 11) is 0. The van der Waals surface area contributed by atoms with Crippen molar-refractivity contribution < 1.29 is 0 Å². The summed E-state index contributed by atoms with van der Waals surface area (Å²) in [6.07, 6.45) is 3.25. The Morgan fingerprint density at radius 1 is 0.667 bits per heavy atom. The average molecular weight is 357 g/mol. The van der Waals surface area contributed by atoms with E-state index in [4.69, 9.17) is 0 Å². The van der Waals surface area contributed by atoms with Crippen LogP contribution in [0.15, 0.2) is 31.7 Å². The zero-order chi connectivity index (χ0) is 8.97. The molecule has 0 aliphatic heterocycles. The van der Waals surface area contributed by atoms with Crippen LogP contribution in [0.4, 0.5) is 0 Å². The Hall–Kier alpha value is 0.660. The predicted octanol–water partition coefficient (Wildman–Crippen LogP) is 5.01. The first-order valence-corrected chi connectivity index (χ1v) is 6.39. The van der Waals surface area contributed by atoms with Gasteiger partial charge in [0.05, 0.1) is 0 Å². The molecule has 0 unspecified atom stereocenters. The second kappa shape index (κ2) is 5.40. The zero-order valence-corrected chi connectivity index (χ0v) is 11.2. The summed E-state index contributed by atoms with van der Waals surface area (Å²) in [4.78, 5) is 6.08. The van der Waals surface area contributed by atoms with Crippen LogP contribution in [0, 0.1) is 0 Å². The summed E-state index contributed by atoms with van der Waals surface area (Å²) < 4.78 is 0. The smallest absolute Gasteiger partial charge is 0.00855 e. The van der Waals surface area contributed by atoms with Crippen LogP contribution in [0.3, 0.4) is 0 Å². The lowest BCUT2D eigenvalue weighted by Crippen LogP contribution is -1.99. The van der Waals surface area contributed by atoms with Gasteiger partial charge in [-0.1, -0.05) is 64.5 Å². The minimum atomic E-state index is 1.08. The van der Waals surface area contributed by atoms with Crippen molar-refractivity contribution in [1.82, 2.24) is 0 Å². The monoisotopic (exact) mass is 354 g/mol. The quantitative estimate of drug-likeness (QED) is 0.572. The minimum Gasteiger partial charge on any atom is -0.0595 e. The van der Waals surface area contributed by atoms with Gasteiger partial charge in [-0.3, -0.25) is 0 Å². The molecule has 0 radical (unpaired) electrons. The number of halogens is 3. The average Bonchev–Trinajstić information content (AvgIpc) is 2.16. The molecular formula is C9H9Br3. The molecule has 0 spiro atoms. The van der Waals surface area contributed by atoms with Crippen LogP contribution in [0.5, 0.6) is 0 Å². The molecule has 0 aromatic carbocycles. The van der Waals surface area contributed by atoms with Crippen LogP contribution < -0.4 is 0 Å². The van der Waals surface area contributed by atoms with Gasteiger partial charge in [-0.25, -0.2) is 0 Å². The van der Waals surface area contributed by atoms with Crippen LogP contribution in [0.1, 0.15) is 19.3 Å². The maximum absolute atomic E-state index is 3.38. The van der Waals surface area contributed by atoms with Gasteiger partial charge >= 0.3 is 0 Å². The Kier molecular flexibility index (Phi) is 4.84. The number of rotatable bonds is 0. The Labute approximate surface area is 98.2 Å². The molecule has 0 nitrogen and oxygen atoms in total. The molecule has 0 saturated heterocycles. The van der Waals surface area contributed by atoms with E-state index in [1.807, 2.05) is 15.0 Å². The van der Waals surface area contributed by atoms with Gasteiger partial charge in [-0.15, -0.1) is 0 Å². The largest absolute Gasteiger partial charge is 0.0595 e. The normalized spacial score (nSPS) is 17.8. The third kappa shape index (κ3) is 2.86. The van der Waals surface area contributed by atoms with E-state index < -0.39 is 0 Å². The second-order valence-electron chi connectivity index (χ2n) is 2.83. The first-order valence-electron chi connectivity index (χ1n) is 3.64. The summed E-state index contributed by atoms with van der Waals surface area (Å²) in [5.41, 5.74) is 4.29. The first kappa shape index (κ1) is 10.7. The molecule has 0 aromatic heterocycles. The summed E-state index contributed by atoms with van der Waals surface area (Å²) in [6.45, 7) is 0. The molecule has 1 saturated carbocycles. The van der Waals surface area contributed by atoms with Crippen molar-refractivity contribution in [2.45, 2.75) is 19.3 Å². The van der Waals surface area contributed by atoms with E-state index in [0.717, 1.165) is 19.3 Å². The van der Waals surface area contributed by atoms with E-state index >= 15 is 0 Å². The molecule has 1 rings (SSSR count). The second-order valence-corrected chi connectivity index (χ2v) is 4.21. The topological polar surface area (TPSA) is 0 Å². The van der Waals surface area contributed by atoms with Crippen molar-refractivity contribution in [2.75, 3.05) is 0 Å². The molecule has 3 heteroatoms. The molecule has 0 bridgehead atoms. The fourth-order valence-electron chi connectivity index (χ4n) is 1.29. The van der Waals surface area contributed by atoms with Crippen molar-refractivity contribution in [3.63, 3.8) is 0 Å². The van der Waals surface area contributed by atoms with Gasteiger partial charge in [0.25, 0.3) is 0 Å². The van der Waals surface area contributed by atoms with Crippen LogP contribution in [-0.2, 0) is 0 Å². The molecule has 0 aromatic rings. The fraction of sp³-hybridized carbons (Fsp3) is 0.333. The highest BCUT2D eigenvalue weighted by molar-refractivity contribution is 9.11. The molecule has 0 atom stereocenters. The highest BCUT2D eigenvalue weighted by atomic mass is 79.9. The van der Waals surface area contributed by atoms with Gasteiger partial charge in [0.1, 0.15) is 0 Å². The van der Waals surface area contributed by atoms with Gasteiger partial charge in [0.2, 0.25) is 0 Å². The molecule has 0 amide bonds. The SMILES string of the molecule is BrC=C1CC(=CBr)CC(=CBr)C1. The summed E-state index contributed by atoms with van der Waals surface area (Å²) in [5, 5.41) is 0. The van der Waals surface area contributed by atoms with Gasteiger partial charge in [0, 0.05) is 0 Å². The molecule has 1 aliphatic carbocycles. The van der Waals surface area contributed by atoms with E-state index in [-0.39, 0.29) is 0 Å². The Morgan fingerprint density at radius 2 is 0.917 bits per heavy atom. The van der Waals surface area contributed by atoms with Crippen molar-refractivity contribution in [2.24, 2.45) is 0 Å². The van der Waals surface area contributed by atoms with Crippen molar-refractivity contribution in [1.29, 1.82) is 0 Å². The van der Waals surface area contributed by atoms with Gasteiger partial charge in [-0.2, -0.15) is 0 Å². The molecule has 1 aliphatic rings. The van der Waals surface area contributed by atoms with Crippen LogP contribution in [-0.4, -0.2) is 0 Å². The molecule has 0 heterocycles. The van der Waals surface area contributed by atoms with E-state index in [1.54, 1.807) is 0 Å². The first-order chi connectivity index (χ1) is 5.80. The number of hydrogen-bond acceptors (Lipinski definition) is 0. The van der Waals surface area contributed by atoms with Crippen molar-refractivity contribution >= 4 is 47.8 Å². The lowest BCUT2D eigenvalue weighted by Gasteiger charge is -2.19. The molecule has 66 valence electrons. The highest BCUT2D eigenvalue weighted by Crippen LogP contribution is 2.33. The van der Waals surface area contributed by atoms with Crippen molar-refractivity contribution in [3.05, 3.63) is 31.7 Å². The standard InChI is InChI=1S/C9H9Br3/c10-4-7-1-8(5-11)3-9(2-7)6-12/h4-6H,1-3H2. The van der Waals surface area contributed by atoms with Gasteiger partial charge in [-0.05, 0) is 34.2 Å². The van der Waals surface area contributed by atoms with Gasteiger partial charge < -0.3 is 0 Å². The van der Waals surface area contributed by atoms with E-state index in [1.165, 1.54) is 16.7 Å².